The molecule has 8 heteroatoms. The summed E-state index contributed by atoms with van der Waals surface area (Å²) in [7, 11) is 3.54. The normalized spacial score (nSPS) is 17.8. The summed E-state index contributed by atoms with van der Waals surface area (Å²) in [6.07, 6.45) is 5.01. The number of nitrogens with zero attached hydrogens (tertiary/aromatic N) is 5. The van der Waals surface area contributed by atoms with E-state index >= 15 is 0 Å². The molecule has 3 rings (SSSR count). The highest BCUT2D eigenvalue weighted by Gasteiger charge is 2.24. The van der Waals surface area contributed by atoms with Gasteiger partial charge in [-0.1, -0.05) is 6.07 Å². The first kappa shape index (κ1) is 19.6. The van der Waals surface area contributed by atoms with Crippen LogP contribution < -0.4 is 5.32 Å². The van der Waals surface area contributed by atoms with E-state index in [1.165, 1.54) is 0 Å². The van der Waals surface area contributed by atoms with Gasteiger partial charge in [0, 0.05) is 52.3 Å². The Hall–Kier alpha value is -2.19. The second-order valence-corrected chi connectivity index (χ2v) is 6.79. The molecule has 0 spiro atoms. The van der Waals surface area contributed by atoms with Crippen LogP contribution in [0.25, 0.3) is 5.65 Å². The minimum absolute atomic E-state index is 0.558. The smallest absolute Gasteiger partial charge is 0.193 e. The molecule has 1 fully saturated rings. The Morgan fingerprint density at radius 2 is 2.26 bits per heavy atom. The maximum atomic E-state index is 5.67. The summed E-state index contributed by atoms with van der Waals surface area (Å²) >= 11 is 0. The molecule has 1 aliphatic rings. The molecule has 8 nitrogen and oxygen atoms in total. The number of aromatic nitrogens is 3. The van der Waals surface area contributed by atoms with Gasteiger partial charge in [0.25, 0.3) is 0 Å². The summed E-state index contributed by atoms with van der Waals surface area (Å²) in [4.78, 5) is 6.75. The minimum atomic E-state index is 0.558. The molecule has 1 saturated heterocycles. The van der Waals surface area contributed by atoms with Crippen molar-refractivity contribution in [1.29, 1.82) is 0 Å². The maximum Gasteiger partial charge on any atom is 0.193 e. The van der Waals surface area contributed by atoms with Crippen molar-refractivity contribution in [2.24, 2.45) is 10.9 Å². The molecule has 1 aliphatic heterocycles. The zero-order chi connectivity index (χ0) is 18.9. The molecule has 2 aromatic rings. The summed E-state index contributed by atoms with van der Waals surface area (Å²) < 4.78 is 12.7. The number of ether oxygens (including phenoxy) is 2. The van der Waals surface area contributed by atoms with Crippen LogP contribution in [0.5, 0.6) is 0 Å². The largest absolute Gasteiger partial charge is 0.382 e. The Morgan fingerprint density at radius 3 is 3.11 bits per heavy atom. The van der Waals surface area contributed by atoms with E-state index in [1.807, 2.05) is 35.8 Å². The Morgan fingerprint density at radius 1 is 1.33 bits per heavy atom. The van der Waals surface area contributed by atoms with Crippen molar-refractivity contribution in [3.8, 4) is 0 Å². The fourth-order valence-corrected chi connectivity index (χ4v) is 3.39. The molecule has 0 aliphatic carbocycles. The molecule has 3 heterocycles. The minimum Gasteiger partial charge on any atom is -0.382 e. The number of hydrogen-bond acceptors (Lipinski definition) is 5. The van der Waals surface area contributed by atoms with Crippen molar-refractivity contribution in [1.82, 2.24) is 24.8 Å². The third kappa shape index (κ3) is 5.40. The van der Waals surface area contributed by atoms with Gasteiger partial charge in [-0.2, -0.15) is 0 Å². The predicted molar refractivity (Wildman–Crippen MR) is 105 cm³/mol. The first-order chi connectivity index (χ1) is 13.3. The summed E-state index contributed by atoms with van der Waals surface area (Å²) in [6, 6.07) is 5.95. The molecule has 1 N–H and O–H groups in total. The highest BCUT2D eigenvalue weighted by molar-refractivity contribution is 5.80. The van der Waals surface area contributed by atoms with Crippen LogP contribution in [-0.2, 0) is 15.9 Å². The van der Waals surface area contributed by atoms with Gasteiger partial charge in [-0.15, -0.1) is 10.2 Å². The lowest BCUT2D eigenvalue weighted by Gasteiger charge is -2.21. The Bertz CT molecular complexity index is 732. The second kappa shape index (κ2) is 10.2. The summed E-state index contributed by atoms with van der Waals surface area (Å²) in [5.74, 6) is 2.53. The summed E-state index contributed by atoms with van der Waals surface area (Å²) in [6.45, 7) is 4.98. The molecule has 0 saturated carbocycles. The Kier molecular flexibility index (Phi) is 7.41. The van der Waals surface area contributed by atoms with E-state index in [2.05, 4.69) is 25.4 Å². The van der Waals surface area contributed by atoms with Crippen LogP contribution in [0.4, 0.5) is 0 Å². The quantitative estimate of drug-likeness (QED) is 0.404. The van der Waals surface area contributed by atoms with Crippen LogP contribution in [0.15, 0.2) is 29.4 Å². The van der Waals surface area contributed by atoms with E-state index in [0.717, 1.165) is 62.9 Å². The van der Waals surface area contributed by atoms with Crippen molar-refractivity contribution < 1.29 is 9.47 Å². The monoisotopic (exact) mass is 374 g/mol. The van der Waals surface area contributed by atoms with Crippen molar-refractivity contribution in [3.63, 3.8) is 0 Å². The molecule has 2 aromatic heterocycles. The van der Waals surface area contributed by atoms with E-state index < -0.39 is 0 Å². The average molecular weight is 374 g/mol. The van der Waals surface area contributed by atoms with Crippen LogP contribution in [0.2, 0.25) is 0 Å². The third-order valence-electron chi connectivity index (χ3n) is 4.83. The summed E-state index contributed by atoms with van der Waals surface area (Å²) in [5, 5.41) is 12.0. The van der Waals surface area contributed by atoms with Gasteiger partial charge in [0.2, 0.25) is 0 Å². The number of guanidine groups is 1. The van der Waals surface area contributed by atoms with Gasteiger partial charge in [-0.3, -0.25) is 9.39 Å². The Balaban J connectivity index is 1.38. The molecule has 0 bridgehead atoms. The van der Waals surface area contributed by atoms with E-state index in [0.29, 0.717) is 19.1 Å². The zero-order valence-electron chi connectivity index (χ0n) is 16.3. The van der Waals surface area contributed by atoms with Gasteiger partial charge in [0.05, 0.1) is 19.8 Å². The topological polar surface area (TPSA) is 76.3 Å². The first-order valence-electron chi connectivity index (χ1n) is 9.62. The van der Waals surface area contributed by atoms with Gasteiger partial charge < -0.3 is 19.7 Å². The number of fused-ring (bicyclic) bond motifs is 1. The van der Waals surface area contributed by atoms with Crippen LogP contribution in [0.1, 0.15) is 18.7 Å². The standard InChI is InChI=1S/C19H30N6O2/c1-20-19(24-11-8-16(14-24)15-27-13-12-26-2)21-9-5-7-18-23-22-17-6-3-4-10-25(17)18/h3-4,6,10,16H,5,7-9,11-15H2,1-2H3,(H,20,21). The molecular weight excluding hydrogens is 344 g/mol. The Labute approximate surface area is 160 Å². The zero-order valence-corrected chi connectivity index (χ0v) is 16.3. The first-order valence-corrected chi connectivity index (χ1v) is 9.62. The third-order valence-corrected chi connectivity index (χ3v) is 4.83. The van der Waals surface area contributed by atoms with Crippen molar-refractivity contribution >= 4 is 11.6 Å². The number of methoxy groups -OCH3 is 1. The summed E-state index contributed by atoms with van der Waals surface area (Å²) in [5.41, 5.74) is 0.895. The molecule has 148 valence electrons. The van der Waals surface area contributed by atoms with Gasteiger partial charge >= 0.3 is 0 Å². The lowest BCUT2D eigenvalue weighted by molar-refractivity contribution is 0.0536. The van der Waals surface area contributed by atoms with Crippen molar-refractivity contribution in [2.45, 2.75) is 19.3 Å². The highest BCUT2D eigenvalue weighted by atomic mass is 16.5. The molecule has 1 atom stereocenters. The second-order valence-electron chi connectivity index (χ2n) is 6.79. The number of aryl methyl sites for hydroxylation is 1. The molecule has 0 radical (unpaired) electrons. The van der Waals surface area contributed by atoms with Crippen LogP contribution in [0, 0.1) is 5.92 Å². The fourth-order valence-electron chi connectivity index (χ4n) is 3.39. The van der Waals surface area contributed by atoms with Gasteiger partial charge in [-0.05, 0) is 25.0 Å². The van der Waals surface area contributed by atoms with Crippen LogP contribution >= 0.6 is 0 Å². The van der Waals surface area contributed by atoms with E-state index in [-0.39, 0.29) is 0 Å². The van der Waals surface area contributed by atoms with Gasteiger partial charge in [0.1, 0.15) is 5.82 Å². The van der Waals surface area contributed by atoms with Gasteiger partial charge in [-0.25, -0.2) is 0 Å². The van der Waals surface area contributed by atoms with Crippen LogP contribution in [0.3, 0.4) is 0 Å². The highest BCUT2D eigenvalue weighted by Crippen LogP contribution is 2.16. The van der Waals surface area contributed by atoms with E-state index in [9.17, 15) is 0 Å². The maximum absolute atomic E-state index is 5.67. The van der Waals surface area contributed by atoms with Gasteiger partial charge in [0.15, 0.2) is 11.6 Å². The number of aliphatic imine (C=N–C) groups is 1. The molecule has 27 heavy (non-hydrogen) atoms. The predicted octanol–water partition coefficient (Wildman–Crippen LogP) is 1.22. The van der Waals surface area contributed by atoms with Crippen molar-refractivity contribution in [3.05, 3.63) is 30.2 Å². The molecular formula is C19H30N6O2. The van der Waals surface area contributed by atoms with Crippen LogP contribution in [-0.4, -0.2) is 79.1 Å². The number of likely N-dealkylation sites (tertiary alicyclic amines) is 1. The lowest BCUT2D eigenvalue weighted by atomic mass is 10.1. The average Bonchev–Trinajstić information content (AvgIpc) is 3.33. The molecule has 1 unspecified atom stereocenters. The van der Waals surface area contributed by atoms with E-state index in [4.69, 9.17) is 9.47 Å². The van der Waals surface area contributed by atoms with Crippen molar-refractivity contribution in [2.75, 3.05) is 53.6 Å². The molecule has 0 aromatic carbocycles. The number of nitrogens with one attached hydrogen (secondary N) is 1. The number of hydrogen-bond donors (Lipinski definition) is 1. The number of rotatable bonds is 9. The number of pyridine rings is 1. The lowest BCUT2D eigenvalue weighted by Crippen LogP contribution is -2.40. The fraction of sp³-hybridized carbons (Fsp3) is 0.632. The molecule has 0 amide bonds. The SMILES string of the molecule is CN=C(NCCCc1nnc2ccccn12)N1CCC(COCCOC)C1. The van der Waals surface area contributed by atoms with E-state index in [1.54, 1.807) is 7.11 Å².